The first-order chi connectivity index (χ1) is 12.7. The molecule has 1 aliphatic carbocycles. The lowest BCUT2D eigenvalue weighted by atomic mass is 9.87. The molecule has 0 aliphatic heterocycles. The minimum Gasteiger partial charge on any atom is -0.399 e. The Morgan fingerprint density at radius 1 is 1.23 bits per heavy atom. The van der Waals surface area contributed by atoms with Gasteiger partial charge in [-0.25, -0.2) is 0 Å². The molecule has 6 heteroatoms. The number of rotatable bonds is 6. The summed E-state index contributed by atoms with van der Waals surface area (Å²) in [5.74, 6) is 0. The van der Waals surface area contributed by atoms with Crippen LogP contribution in [0.1, 0.15) is 23.1 Å². The summed E-state index contributed by atoms with van der Waals surface area (Å²) in [5.41, 5.74) is 10.9. The Bertz CT molecular complexity index is 734. The third-order valence-corrected chi connectivity index (χ3v) is 4.52. The molecule has 1 unspecified atom stereocenters. The van der Waals surface area contributed by atoms with Crippen molar-refractivity contribution >= 4 is 17.8 Å². The number of nitroso groups, excluding NO2 is 1. The van der Waals surface area contributed by atoms with E-state index in [0.717, 1.165) is 42.7 Å². The summed E-state index contributed by atoms with van der Waals surface area (Å²) in [6, 6.07) is 13.6. The van der Waals surface area contributed by atoms with Gasteiger partial charge in [0.05, 0.1) is 6.04 Å². The number of hydrogen-bond acceptors (Lipinski definition) is 5. The summed E-state index contributed by atoms with van der Waals surface area (Å²) < 4.78 is 0. The summed E-state index contributed by atoms with van der Waals surface area (Å²) in [4.78, 5) is 20.9. The predicted molar refractivity (Wildman–Crippen MR) is 106 cm³/mol. The molecule has 26 heavy (non-hydrogen) atoms. The third-order valence-electron chi connectivity index (χ3n) is 4.52. The monoisotopic (exact) mass is 354 g/mol. The molecule has 1 atom stereocenters. The lowest BCUT2D eigenvalue weighted by Gasteiger charge is -2.21. The van der Waals surface area contributed by atoms with Crippen LogP contribution in [-0.2, 0) is 24.1 Å². The molecule has 2 aromatic rings. The topological polar surface area (TPSA) is 96.6 Å². The molecule has 0 saturated carbocycles. The van der Waals surface area contributed by atoms with Gasteiger partial charge in [0.25, 0.3) is 0 Å². The van der Waals surface area contributed by atoms with Gasteiger partial charge in [0.1, 0.15) is 0 Å². The summed E-state index contributed by atoms with van der Waals surface area (Å²) in [5, 5.41) is 8.83. The van der Waals surface area contributed by atoms with Gasteiger partial charge in [0, 0.05) is 17.8 Å². The maximum atomic E-state index is 10.5. The number of carbonyl (C=O) groups is 1. The van der Waals surface area contributed by atoms with Gasteiger partial charge in [-0.3, -0.25) is 4.79 Å². The number of anilines is 2. The molecule has 0 heterocycles. The van der Waals surface area contributed by atoms with Gasteiger partial charge in [-0.1, -0.05) is 35.5 Å². The van der Waals surface area contributed by atoms with E-state index in [9.17, 15) is 9.70 Å². The maximum absolute atomic E-state index is 10.5. The van der Waals surface area contributed by atoms with Crippen molar-refractivity contribution in [3.63, 3.8) is 0 Å². The number of fused-ring (bicyclic) bond motifs is 1. The highest BCUT2D eigenvalue weighted by atomic mass is 16.3. The van der Waals surface area contributed by atoms with Gasteiger partial charge in [-0.05, 0) is 61.7 Å². The first-order valence-electron chi connectivity index (χ1n) is 8.81. The van der Waals surface area contributed by atoms with E-state index in [4.69, 9.17) is 5.73 Å². The van der Waals surface area contributed by atoms with Crippen molar-refractivity contribution in [3.05, 3.63) is 64.1 Å². The number of benzene rings is 2. The van der Waals surface area contributed by atoms with Crippen molar-refractivity contribution in [2.75, 3.05) is 24.6 Å². The summed E-state index contributed by atoms with van der Waals surface area (Å²) in [7, 11) is 1.94. The minimum atomic E-state index is -0.146. The highest BCUT2D eigenvalue weighted by molar-refractivity contribution is 5.74. The second-order valence-electron chi connectivity index (χ2n) is 6.26. The predicted octanol–water partition coefficient (Wildman–Crippen LogP) is 2.91. The van der Waals surface area contributed by atoms with Crippen LogP contribution in [0, 0.1) is 4.91 Å². The van der Waals surface area contributed by atoms with Crippen LogP contribution in [0.5, 0.6) is 0 Å². The van der Waals surface area contributed by atoms with Crippen LogP contribution in [-0.4, -0.2) is 26.0 Å². The lowest BCUT2D eigenvalue weighted by Crippen LogP contribution is -2.18. The van der Waals surface area contributed by atoms with E-state index in [1.165, 1.54) is 11.1 Å². The van der Waals surface area contributed by atoms with Gasteiger partial charge in [-0.15, -0.1) is 0 Å². The number of para-hydroxylation sites is 1. The summed E-state index contributed by atoms with van der Waals surface area (Å²) >= 11 is 0. The number of likely N-dealkylation sites (N-methyl/N-ethyl adjacent to an activating group) is 1. The fourth-order valence-corrected chi connectivity index (χ4v) is 3.08. The molecular weight excluding hydrogens is 328 g/mol. The number of aryl methyl sites for hydroxylation is 1. The highest BCUT2D eigenvalue weighted by Crippen LogP contribution is 2.28. The molecular formula is C20H26N4O2. The number of carbonyl (C=O) groups excluding carboxylic acids is 1. The van der Waals surface area contributed by atoms with Gasteiger partial charge in [-0.2, -0.15) is 4.91 Å². The van der Waals surface area contributed by atoms with Crippen LogP contribution in [0.25, 0.3) is 0 Å². The van der Waals surface area contributed by atoms with E-state index < -0.39 is 0 Å². The molecule has 2 aromatic carbocycles. The first-order valence-corrected chi connectivity index (χ1v) is 8.81. The number of nitrogen functional groups attached to an aromatic ring is 1. The molecule has 3 rings (SSSR count). The van der Waals surface area contributed by atoms with Gasteiger partial charge >= 0.3 is 0 Å². The lowest BCUT2D eigenvalue weighted by molar-refractivity contribution is -0.105. The Morgan fingerprint density at radius 3 is 2.73 bits per heavy atom. The average Bonchev–Trinajstić information content (AvgIpc) is 2.68. The van der Waals surface area contributed by atoms with Crippen LogP contribution in [0.15, 0.2) is 47.6 Å². The van der Waals surface area contributed by atoms with Crippen LogP contribution in [0.2, 0.25) is 0 Å². The molecule has 4 N–H and O–H groups in total. The Labute approximate surface area is 154 Å². The second-order valence-corrected chi connectivity index (χ2v) is 6.26. The number of nitrogens with two attached hydrogens (primary N) is 1. The molecule has 0 bridgehead atoms. The van der Waals surface area contributed by atoms with Crippen LogP contribution in [0.4, 0.5) is 11.4 Å². The molecule has 0 saturated heterocycles. The van der Waals surface area contributed by atoms with Crippen molar-refractivity contribution in [1.29, 1.82) is 0 Å². The molecule has 6 nitrogen and oxygen atoms in total. The second kappa shape index (κ2) is 10.3. The quantitative estimate of drug-likeness (QED) is 0.422. The zero-order chi connectivity index (χ0) is 18.8. The van der Waals surface area contributed by atoms with E-state index in [1.807, 2.05) is 43.4 Å². The van der Waals surface area contributed by atoms with Gasteiger partial charge in [0.15, 0.2) is 0 Å². The van der Waals surface area contributed by atoms with E-state index in [2.05, 4.69) is 21.9 Å². The van der Waals surface area contributed by atoms with Gasteiger partial charge in [0.2, 0.25) is 6.41 Å². The van der Waals surface area contributed by atoms with Crippen molar-refractivity contribution < 1.29 is 4.79 Å². The molecule has 1 amide bonds. The highest BCUT2D eigenvalue weighted by Gasteiger charge is 2.21. The Morgan fingerprint density at radius 2 is 2.04 bits per heavy atom. The van der Waals surface area contributed by atoms with E-state index >= 15 is 0 Å². The average molecular weight is 354 g/mol. The van der Waals surface area contributed by atoms with Gasteiger partial charge < -0.3 is 16.4 Å². The standard InChI is InChI=1S/C11H12N2O2.C9H14N2/c14-7-12-11-3-1-2-8-4-5-9(13-15)6-10(8)11;1-11-7-6-8-4-2-3-5-9(8)10/h1-3,7,9H,4-6H2,(H,12,14);2-5,11H,6-7,10H2,1H3. The van der Waals surface area contributed by atoms with Crippen molar-refractivity contribution in [2.45, 2.75) is 31.7 Å². The van der Waals surface area contributed by atoms with Crippen LogP contribution in [0.3, 0.4) is 0 Å². The Kier molecular flexibility index (Phi) is 7.76. The molecule has 0 spiro atoms. The van der Waals surface area contributed by atoms with E-state index in [1.54, 1.807) is 0 Å². The SMILES string of the molecule is CNCCc1ccccc1N.O=CNc1cccc2c1CC(N=O)CC2. The van der Waals surface area contributed by atoms with Crippen LogP contribution >= 0.6 is 0 Å². The molecule has 0 aromatic heterocycles. The van der Waals surface area contributed by atoms with E-state index in [-0.39, 0.29) is 6.04 Å². The van der Waals surface area contributed by atoms with Crippen molar-refractivity contribution in [3.8, 4) is 0 Å². The zero-order valence-corrected chi connectivity index (χ0v) is 15.1. The zero-order valence-electron chi connectivity index (χ0n) is 15.1. The fraction of sp³-hybridized carbons (Fsp3) is 0.350. The molecule has 1 aliphatic rings. The molecule has 0 radical (unpaired) electrons. The number of amides is 1. The summed E-state index contributed by atoms with van der Waals surface area (Å²) in [6.45, 7) is 0.980. The number of hydrogen-bond donors (Lipinski definition) is 3. The Balaban J connectivity index is 0.000000197. The smallest absolute Gasteiger partial charge is 0.211 e. The Hall–Kier alpha value is -2.73. The van der Waals surface area contributed by atoms with Crippen LogP contribution < -0.4 is 16.4 Å². The number of nitrogens with one attached hydrogen (secondary N) is 2. The fourth-order valence-electron chi connectivity index (χ4n) is 3.08. The summed E-state index contributed by atoms with van der Waals surface area (Å²) in [6.07, 6.45) is 3.97. The maximum Gasteiger partial charge on any atom is 0.211 e. The third kappa shape index (κ3) is 5.39. The molecule has 138 valence electrons. The van der Waals surface area contributed by atoms with E-state index in [0.29, 0.717) is 12.8 Å². The normalized spacial score (nSPS) is 15.2. The largest absolute Gasteiger partial charge is 0.399 e. The van der Waals surface area contributed by atoms with Crippen molar-refractivity contribution in [2.24, 2.45) is 5.18 Å². The minimum absolute atomic E-state index is 0.146. The number of nitrogens with zero attached hydrogens (tertiary/aromatic N) is 1. The first kappa shape index (κ1) is 19.6. The molecule has 0 fully saturated rings. The van der Waals surface area contributed by atoms with Crippen molar-refractivity contribution in [1.82, 2.24) is 5.32 Å².